The molecule has 3 heteroatoms. The number of nitrogen functional groups attached to an aromatic ring is 1. The predicted octanol–water partition coefficient (Wildman–Crippen LogP) is 3.24. The molecule has 3 nitrogen and oxygen atoms in total. The van der Waals surface area contributed by atoms with Crippen LogP contribution < -0.4 is 5.73 Å². The number of carbonyl (C=O) groups excluding carboxylic acids is 1. The van der Waals surface area contributed by atoms with Crippen molar-refractivity contribution in [1.29, 1.82) is 0 Å². The van der Waals surface area contributed by atoms with E-state index in [4.69, 9.17) is 10.5 Å². The molecule has 2 rings (SSSR count). The molecule has 0 radical (unpaired) electrons. The highest BCUT2D eigenvalue weighted by atomic mass is 16.5. The van der Waals surface area contributed by atoms with Gasteiger partial charge in [-0.25, -0.2) is 4.79 Å². The van der Waals surface area contributed by atoms with Crippen molar-refractivity contribution in [2.45, 2.75) is 20.5 Å². The first-order valence-electron chi connectivity index (χ1n) is 6.16. The topological polar surface area (TPSA) is 52.3 Å². The Labute approximate surface area is 113 Å². The maximum atomic E-state index is 12.0. The van der Waals surface area contributed by atoms with Crippen molar-refractivity contribution >= 4 is 11.7 Å². The van der Waals surface area contributed by atoms with Crippen molar-refractivity contribution in [3.63, 3.8) is 0 Å². The first-order valence-corrected chi connectivity index (χ1v) is 6.16. The average Bonchev–Trinajstić information content (AvgIpc) is 2.40. The summed E-state index contributed by atoms with van der Waals surface area (Å²) in [5, 5.41) is 0. The Kier molecular flexibility index (Phi) is 3.85. The molecule has 2 aromatic carbocycles. The number of ether oxygens (including phenoxy) is 1. The molecular formula is C16H17NO2. The van der Waals surface area contributed by atoms with Crippen LogP contribution in [0.4, 0.5) is 5.69 Å². The van der Waals surface area contributed by atoms with Gasteiger partial charge in [0.15, 0.2) is 0 Å². The summed E-state index contributed by atoms with van der Waals surface area (Å²) in [6.45, 7) is 4.09. The third kappa shape index (κ3) is 2.94. The summed E-state index contributed by atoms with van der Waals surface area (Å²) >= 11 is 0. The first-order chi connectivity index (χ1) is 9.09. The van der Waals surface area contributed by atoms with E-state index in [0.29, 0.717) is 11.3 Å². The summed E-state index contributed by atoms with van der Waals surface area (Å²) in [4.78, 5) is 12.0. The molecule has 0 aromatic heterocycles. The van der Waals surface area contributed by atoms with Crippen LogP contribution in [0.2, 0.25) is 0 Å². The van der Waals surface area contributed by atoms with Crippen LogP contribution in [0, 0.1) is 13.8 Å². The first kappa shape index (κ1) is 13.1. The molecule has 0 saturated carbocycles. The summed E-state index contributed by atoms with van der Waals surface area (Å²) in [5.74, 6) is -0.340. The molecule has 0 aliphatic carbocycles. The summed E-state index contributed by atoms with van der Waals surface area (Å²) in [6.07, 6.45) is 0. The van der Waals surface area contributed by atoms with E-state index in [-0.39, 0.29) is 12.6 Å². The molecule has 0 fully saturated rings. The minimum absolute atomic E-state index is 0.278. The minimum Gasteiger partial charge on any atom is -0.457 e. The van der Waals surface area contributed by atoms with Crippen LogP contribution in [0.5, 0.6) is 0 Å². The van der Waals surface area contributed by atoms with Crippen LogP contribution in [0.25, 0.3) is 0 Å². The maximum Gasteiger partial charge on any atom is 0.338 e. The summed E-state index contributed by atoms with van der Waals surface area (Å²) in [6, 6.07) is 13.1. The predicted molar refractivity (Wildman–Crippen MR) is 75.9 cm³/mol. The lowest BCUT2D eigenvalue weighted by molar-refractivity contribution is 0.0471. The van der Waals surface area contributed by atoms with E-state index in [1.807, 2.05) is 38.1 Å². The molecule has 0 spiro atoms. The van der Waals surface area contributed by atoms with Gasteiger partial charge in [-0.1, -0.05) is 30.3 Å². The normalized spacial score (nSPS) is 10.2. The van der Waals surface area contributed by atoms with Crippen molar-refractivity contribution < 1.29 is 9.53 Å². The molecule has 0 heterocycles. The molecule has 0 bridgehead atoms. The zero-order valence-corrected chi connectivity index (χ0v) is 11.1. The fraction of sp³-hybridized carbons (Fsp3) is 0.188. The maximum absolute atomic E-state index is 12.0. The highest BCUT2D eigenvalue weighted by molar-refractivity contribution is 5.92. The largest absolute Gasteiger partial charge is 0.457 e. The second-order valence-corrected chi connectivity index (χ2v) is 4.52. The minimum atomic E-state index is -0.340. The van der Waals surface area contributed by atoms with Crippen molar-refractivity contribution in [3.05, 3.63) is 64.7 Å². The number of hydrogen-bond donors (Lipinski definition) is 1. The van der Waals surface area contributed by atoms with Gasteiger partial charge in [-0.2, -0.15) is 0 Å². The van der Waals surface area contributed by atoms with Crippen LogP contribution in [-0.2, 0) is 11.3 Å². The number of carbonyl (C=O) groups is 1. The van der Waals surface area contributed by atoms with Gasteiger partial charge in [-0.15, -0.1) is 0 Å². The van der Waals surface area contributed by atoms with E-state index in [9.17, 15) is 4.79 Å². The Morgan fingerprint density at radius 3 is 2.58 bits per heavy atom. The summed E-state index contributed by atoms with van der Waals surface area (Å²) < 4.78 is 5.34. The van der Waals surface area contributed by atoms with E-state index >= 15 is 0 Å². The standard InChI is InChI=1S/C16H17NO2/c1-11-6-3-4-7-13(11)10-19-16(18)14-8-5-9-15(17)12(14)2/h3-9H,10,17H2,1-2H3. The van der Waals surface area contributed by atoms with Gasteiger partial charge in [0.05, 0.1) is 5.56 Å². The van der Waals surface area contributed by atoms with Crippen LogP contribution in [-0.4, -0.2) is 5.97 Å². The SMILES string of the molecule is Cc1ccccc1COC(=O)c1cccc(N)c1C. The smallest absolute Gasteiger partial charge is 0.338 e. The zero-order chi connectivity index (χ0) is 13.8. The van der Waals surface area contributed by atoms with Gasteiger partial charge in [0.1, 0.15) is 6.61 Å². The van der Waals surface area contributed by atoms with E-state index in [1.165, 1.54) is 0 Å². The van der Waals surface area contributed by atoms with E-state index < -0.39 is 0 Å². The van der Waals surface area contributed by atoms with Crippen molar-refractivity contribution in [2.24, 2.45) is 0 Å². The van der Waals surface area contributed by atoms with Gasteiger partial charge in [0.25, 0.3) is 0 Å². The third-order valence-corrected chi connectivity index (χ3v) is 3.22. The monoisotopic (exact) mass is 255 g/mol. The number of aryl methyl sites for hydroxylation is 1. The number of anilines is 1. The Morgan fingerprint density at radius 1 is 1.11 bits per heavy atom. The summed E-state index contributed by atoms with van der Waals surface area (Å²) in [7, 11) is 0. The fourth-order valence-electron chi connectivity index (χ4n) is 1.87. The van der Waals surface area contributed by atoms with Crippen LogP contribution in [0.3, 0.4) is 0 Å². The molecule has 0 unspecified atom stereocenters. The van der Waals surface area contributed by atoms with Gasteiger partial charge in [-0.05, 0) is 42.7 Å². The van der Waals surface area contributed by atoms with Gasteiger partial charge in [0.2, 0.25) is 0 Å². The highest BCUT2D eigenvalue weighted by Gasteiger charge is 2.12. The third-order valence-electron chi connectivity index (χ3n) is 3.22. The molecule has 2 aromatic rings. The lowest BCUT2D eigenvalue weighted by atomic mass is 10.1. The molecule has 98 valence electrons. The second-order valence-electron chi connectivity index (χ2n) is 4.52. The van der Waals surface area contributed by atoms with Gasteiger partial charge < -0.3 is 10.5 Å². The molecule has 2 N–H and O–H groups in total. The Balaban J connectivity index is 2.10. The second kappa shape index (κ2) is 5.57. The Bertz CT molecular complexity index is 605. The van der Waals surface area contributed by atoms with Crippen LogP contribution in [0.1, 0.15) is 27.0 Å². The van der Waals surface area contributed by atoms with Crippen LogP contribution >= 0.6 is 0 Å². The molecule has 0 aliphatic rings. The zero-order valence-electron chi connectivity index (χ0n) is 11.1. The van der Waals surface area contributed by atoms with E-state index in [1.54, 1.807) is 18.2 Å². The number of hydrogen-bond acceptors (Lipinski definition) is 3. The fourth-order valence-corrected chi connectivity index (χ4v) is 1.87. The van der Waals surface area contributed by atoms with E-state index in [0.717, 1.165) is 16.7 Å². The summed E-state index contributed by atoms with van der Waals surface area (Å²) in [5.41, 5.74) is 9.79. The van der Waals surface area contributed by atoms with Gasteiger partial charge >= 0.3 is 5.97 Å². The number of esters is 1. The molecule has 0 amide bonds. The molecule has 19 heavy (non-hydrogen) atoms. The molecular weight excluding hydrogens is 238 g/mol. The number of nitrogens with two attached hydrogens (primary N) is 1. The van der Waals surface area contributed by atoms with Gasteiger partial charge in [-0.3, -0.25) is 0 Å². The van der Waals surface area contributed by atoms with Crippen molar-refractivity contribution in [2.75, 3.05) is 5.73 Å². The number of benzene rings is 2. The van der Waals surface area contributed by atoms with Crippen LogP contribution in [0.15, 0.2) is 42.5 Å². The molecule has 0 aliphatic heterocycles. The Morgan fingerprint density at radius 2 is 1.84 bits per heavy atom. The number of rotatable bonds is 3. The quantitative estimate of drug-likeness (QED) is 0.676. The molecule has 0 atom stereocenters. The Hall–Kier alpha value is -2.29. The van der Waals surface area contributed by atoms with E-state index in [2.05, 4.69) is 0 Å². The average molecular weight is 255 g/mol. The van der Waals surface area contributed by atoms with Crippen molar-refractivity contribution in [1.82, 2.24) is 0 Å². The van der Waals surface area contributed by atoms with Gasteiger partial charge in [0, 0.05) is 5.69 Å². The lowest BCUT2D eigenvalue weighted by Crippen LogP contribution is -2.08. The molecule has 0 saturated heterocycles. The lowest BCUT2D eigenvalue weighted by Gasteiger charge is -2.10. The highest BCUT2D eigenvalue weighted by Crippen LogP contribution is 2.17. The van der Waals surface area contributed by atoms with Crippen molar-refractivity contribution in [3.8, 4) is 0 Å².